The van der Waals surface area contributed by atoms with E-state index in [0.717, 1.165) is 0 Å². The predicted molar refractivity (Wildman–Crippen MR) is 59.1 cm³/mol. The molecular formula is C13H24O. The number of fused-ring (bicyclic) bond motifs is 1. The van der Waals surface area contributed by atoms with Crippen LogP contribution in [0.2, 0.25) is 0 Å². The van der Waals surface area contributed by atoms with Gasteiger partial charge in [0.15, 0.2) is 0 Å². The van der Waals surface area contributed by atoms with Crippen LogP contribution in [0.3, 0.4) is 0 Å². The van der Waals surface area contributed by atoms with E-state index in [1.165, 1.54) is 44.9 Å². The number of aliphatic hydroxyl groups is 1. The summed E-state index contributed by atoms with van der Waals surface area (Å²) in [6.07, 6.45) is 8.88. The van der Waals surface area contributed by atoms with Gasteiger partial charge in [-0.1, -0.05) is 33.1 Å². The molecule has 2 rings (SSSR count). The van der Waals surface area contributed by atoms with E-state index in [-0.39, 0.29) is 5.60 Å². The van der Waals surface area contributed by atoms with Crippen molar-refractivity contribution in [3.63, 3.8) is 0 Å². The summed E-state index contributed by atoms with van der Waals surface area (Å²) in [5, 5.41) is 10.6. The molecule has 2 unspecified atom stereocenters. The summed E-state index contributed by atoms with van der Waals surface area (Å²) in [5.41, 5.74) is -0.218. The Morgan fingerprint density at radius 1 is 1.14 bits per heavy atom. The molecular weight excluding hydrogens is 172 g/mol. The topological polar surface area (TPSA) is 20.2 Å². The smallest absolute Gasteiger partial charge is 0.0739 e. The van der Waals surface area contributed by atoms with Gasteiger partial charge in [0.25, 0.3) is 0 Å². The third kappa shape index (κ3) is 1.41. The Labute approximate surface area is 87.9 Å². The lowest BCUT2D eigenvalue weighted by molar-refractivity contribution is 0.0342. The zero-order valence-corrected chi connectivity index (χ0v) is 9.63. The Morgan fingerprint density at radius 2 is 1.64 bits per heavy atom. The number of rotatable bonds is 5. The highest BCUT2D eigenvalue weighted by atomic mass is 16.3. The molecule has 14 heavy (non-hydrogen) atoms. The maximum absolute atomic E-state index is 10.6. The van der Waals surface area contributed by atoms with Crippen LogP contribution in [0.1, 0.15) is 58.8 Å². The van der Waals surface area contributed by atoms with Crippen LogP contribution in [0.15, 0.2) is 0 Å². The second kappa shape index (κ2) is 3.84. The molecule has 1 heteroatoms. The van der Waals surface area contributed by atoms with Gasteiger partial charge in [-0.25, -0.2) is 0 Å². The van der Waals surface area contributed by atoms with Crippen molar-refractivity contribution in [2.24, 2.45) is 17.8 Å². The molecule has 2 atom stereocenters. The molecule has 2 saturated carbocycles. The molecule has 0 heterocycles. The van der Waals surface area contributed by atoms with Crippen LogP contribution in [0.25, 0.3) is 0 Å². The molecule has 0 aliphatic heterocycles. The molecule has 0 aromatic heterocycles. The summed E-state index contributed by atoms with van der Waals surface area (Å²) >= 11 is 0. The second-order valence-corrected chi connectivity index (χ2v) is 5.31. The van der Waals surface area contributed by atoms with E-state index in [0.29, 0.717) is 17.8 Å². The molecule has 0 radical (unpaired) electrons. The minimum absolute atomic E-state index is 0.218. The molecule has 0 bridgehead atoms. The van der Waals surface area contributed by atoms with Crippen LogP contribution in [0.5, 0.6) is 0 Å². The molecule has 0 spiro atoms. The molecule has 2 fully saturated rings. The zero-order chi connectivity index (χ0) is 10.2. The van der Waals surface area contributed by atoms with E-state index in [9.17, 15) is 5.11 Å². The Bertz CT molecular complexity index is 183. The average molecular weight is 196 g/mol. The van der Waals surface area contributed by atoms with Crippen molar-refractivity contribution >= 4 is 0 Å². The molecule has 82 valence electrons. The molecule has 1 nitrogen and oxygen atoms in total. The quantitative estimate of drug-likeness (QED) is 0.715. The van der Waals surface area contributed by atoms with Gasteiger partial charge in [-0.2, -0.15) is 0 Å². The normalized spacial score (nSPS) is 40.3. The number of hydrogen-bond donors (Lipinski definition) is 1. The van der Waals surface area contributed by atoms with Gasteiger partial charge >= 0.3 is 0 Å². The first-order valence-corrected chi connectivity index (χ1v) is 6.47. The second-order valence-electron chi connectivity index (χ2n) is 5.31. The Kier molecular flexibility index (Phi) is 2.88. The highest BCUT2D eigenvalue weighted by molar-refractivity contribution is 5.17. The fourth-order valence-corrected chi connectivity index (χ4v) is 3.88. The van der Waals surface area contributed by atoms with Gasteiger partial charge in [0, 0.05) is 0 Å². The highest BCUT2D eigenvalue weighted by Gasteiger charge is 2.67. The first kappa shape index (κ1) is 10.5. The van der Waals surface area contributed by atoms with Gasteiger partial charge < -0.3 is 5.11 Å². The van der Waals surface area contributed by atoms with E-state index in [4.69, 9.17) is 0 Å². The van der Waals surface area contributed by atoms with Gasteiger partial charge in [-0.3, -0.25) is 0 Å². The van der Waals surface area contributed by atoms with Gasteiger partial charge in [0.1, 0.15) is 0 Å². The van der Waals surface area contributed by atoms with Crippen LogP contribution < -0.4 is 0 Å². The molecule has 0 amide bonds. The van der Waals surface area contributed by atoms with Crippen LogP contribution in [-0.4, -0.2) is 10.7 Å². The first-order valence-electron chi connectivity index (χ1n) is 6.47. The Morgan fingerprint density at radius 3 is 2.07 bits per heavy atom. The van der Waals surface area contributed by atoms with Gasteiger partial charge in [-0.05, 0) is 43.4 Å². The van der Waals surface area contributed by atoms with E-state index in [2.05, 4.69) is 13.8 Å². The van der Waals surface area contributed by atoms with Crippen molar-refractivity contribution in [2.75, 3.05) is 0 Å². The minimum atomic E-state index is -0.218. The van der Waals surface area contributed by atoms with Crippen LogP contribution in [0.4, 0.5) is 0 Å². The van der Waals surface area contributed by atoms with Crippen LogP contribution >= 0.6 is 0 Å². The minimum Gasteiger partial charge on any atom is -0.389 e. The van der Waals surface area contributed by atoms with Gasteiger partial charge in [0.05, 0.1) is 5.60 Å². The SMILES string of the molecule is CCCC(CCC)C1(O)C2CCCC21. The summed E-state index contributed by atoms with van der Waals surface area (Å²) in [6, 6.07) is 0. The van der Waals surface area contributed by atoms with Crippen molar-refractivity contribution in [3.8, 4) is 0 Å². The van der Waals surface area contributed by atoms with Crippen LogP contribution in [0, 0.1) is 17.8 Å². The fourth-order valence-electron chi connectivity index (χ4n) is 3.88. The lowest BCUT2D eigenvalue weighted by Crippen LogP contribution is -2.27. The summed E-state index contributed by atoms with van der Waals surface area (Å²) in [6.45, 7) is 4.48. The monoisotopic (exact) mass is 196 g/mol. The predicted octanol–water partition coefficient (Wildman–Crippen LogP) is 3.36. The van der Waals surface area contributed by atoms with E-state index in [1.54, 1.807) is 0 Å². The highest BCUT2D eigenvalue weighted by Crippen LogP contribution is 2.65. The standard InChI is InChI=1S/C13H24O/c1-3-6-10(7-4-2)13(14)11-8-5-9-12(11)13/h10-12,14H,3-9H2,1-2H3. The largest absolute Gasteiger partial charge is 0.389 e. The molecule has 0 aromatic carbocycles. The third-order valence-corrected chi connectivity index (χ3v) is 4.52. The maximum Gasteiger partial charge on any atom is 0.0739 e. The summed E-state index contributed by atoms with van der Waals surface area (Å²) < 4.78 is 0. The van der Waals surface area contributed by atoms with Crippen molar-refractivity contribution in [2.45, 2.75) is 64.4 Å². The van der Waals surface area contributed by atoms with Gasteiger partial charge in [-0.15, -0.1) is 0 Å². The Balaban J connectivity index is 1.97. The summed E-state index contributed by atoms with van der Waals surface area (Å²) in [4.78, 5) is 0. The average Bonchev–Trinajstić information content (AvgIpc) is 2.61. The molecule has 1 N–H and O–H groups in total. The van der Waals surface area contributed by atoms with Crippen molar-refractivity contribution in [1.82, 2.24) is 0 Å². The van der Waals surface area contributed by atoms with Crippen molar-refractivity contribution in [3.05, 3.63) is 0 Å². The van der Waals surface area contributed by atoms with Crippen molar-refractivity contribution in [1.29, 1.82) is 0 Å². The zero-order valence-electron chi connectivity index (χ0n) is 9.63. The number of hydrogen-bond acceptors (Lipinski definition) is 1. The van der Waals surface area contributed by atoms with Gasteiger partial charge in [0.2, 0.25) is 0 Å². The lowest BCUT2D eigenvalue weighted by Gasteiger charge is -2.25. The van der Waals surface area contributed by atoms with E-state index >= 15 is 0 Å². The molecule has 0 saturated heterocycles. The Hall–Kier alpha value is -0.0400. The first-order chi connectivity index (χ1) is 6.75. The van der Waals surface area contributed by atoms with Crippen LogP contribution in [-0.2, 0) is 0 Å². The molecule has 2 aliphatic carbocycles. The maximum atomic E-state index is 10.6. The van der Waals surface area contributed by atoms with E-state index in [1.807, 2.05) is 0 Å². The summed E-state index contributed by atoms with van der Waals surface area (Å²) in [7, 11) is 0. The fraction of sp³-hybridized carbons (Fsp3) is 1.00. The summed E-state index contributed by atoms with van der Waals surface area (Å²) in [5.74, 6) is 1.98. The van der Waals surface area contributed by atoms with E-state index < -0.39 is 0 Å². The molecule has 2 aliphatic rings. The lowest BCUT2D eigenvalue weighted by atomic mass is 9.86. The molecule has 0 aromatic rings. The van der Waals surface area contributed by atoms with Crippen molar-refractivity contribution < 1.29 is 5.11 Å². The third-order valence-electron chi connectivity index (χ3n) is 4.52.